The summed E-state index contributed by atoms with van der Waals surface area (Å²) in [5.74, 6) is 1.17. The average molecular weight is 247 g/mol. The van der Waals surface area contributed by atoms with Crippen LogP contribution in [0.15, 0.2) is 24.4 Å². The van der Waals surface area contributed by atoms with Gasteiger partial charge in [-0.2, -0.15) is 0 Å². The molecular formula is C13H17N3O2. The zero-order valence-corrected chi connectivity index (χ0v) is 10.2. The first kappa shape index (κ1) is 11.5. The van der Waals surface area contributed by atoms with E-state index in [1.165, 1.54) is 0 Å². The van der Waals surface area contributed by atoms with Crippen LogP contribution in [0.4, 0.5) is 5.82 Å². The van der Waals surface area contributed by atoms with Crippen LogP contribution in [0, 0.1) is 5.92 Å². The van der Waals surface area contributed by atoms with Crippen LogP contribution < -0.4 is 4.90 Å². The lowest BCUT2D eigenvalue weighted by Crippen LogP contribution is -2.22. The van der Waals surface area contributed by atoms with E-state index in [4.69, 9.17) is 0 Å². The first-order valence-electron chi connectivity index (χ1n) is 6.26. The molecule has 1 atom stereocenters. The van der Waals surface area contributed by atoms with Crippen molar-refractivity contribution >= 4 is 11.5 Å². The predicted molar refractivity (Wildman–Crippen MR) is 68.5 cm³/mol. The molecule has 0 radical (unpaired) electrons. The maximum atomic E-state index is 9.55. The second-order valence-corrected chi connectivity index (χ2v) is 4.75. The fourth-order valence-corrected chi connectivity index (χ4v) is 2.61. The summed E-state index contributed by atoms with van der Waals surface area (Å²) < 4.78 is 1.92. The highest BCUT2D eigenvalue weighted by molar-refractivity contribution is 5.56. The van der Waals surface area contributed by atoms with Crippen molar-refractivity contribution in [2.75, 3.05) is 24.6 Å². The smallest absolute Gasteiger partial charge is 0.153 e. The average Bonchev–Trinajstić information content (AvgIpc) is 3.02. The van der Waals surface area contributed by atoms with Crippen molar-refractivity contribution in [3.05, 3.63) is 30.1 Å². The second-order valence-electron chi connectivity index (χ2n) is 4.75. The van der Waals surface area contributed by atoms with Gasteiger partial charge in [0.25, 0.3) is 0 Å². The fraction of sp³-hybridized carbons (Fsp3) is 0.462. The van der Waals surface area contributed by atoms with E-state index in [2.05, 4.69) is 9.88 Å². The van der Waals surface area contributed by atoms with Crippen molar-refractivity contribution in [2.45, 2.75) is 13.0 Å². The molecule has 0 amide bonds. The molecule has 1 unspecified atom stereocenters. The normalized spacial score (nSPS) is 19.9. The van der Waals surface area contributed by atoms with E-state index in [0.29, 0.717) is 5.92 Å². The molecule has 1 saturated heterocycles. The lowest BCUT2D eigenvalue weighted by Gasteiger charge is -2.16. The van der Waals surface area contributed by atoms with Crippen LogP contribution in [0.1, 0.15) is 12.1 Å². The van der Waals surface area contributed by atoms with Gasteiger partial charge >= 0.3 is 0 Å². The number of aromatic nitrogens is 2. The minimum Gasteiger partial charge on any atom is -0.396 e. The molecule has 1 aliphatic heterocycles. The minimum absolute atomic E-state index is 0.0270. The first-order chi connectivity index (χ1) is 8.83. The first-order valence-corrected chi connectivity index (χ1v) is 6.26. The Kier molecular flexibility index (Phi) is 2.93. The summed E-state index contributed by atoms with van der Waals surface area (Å²) in [6, 6.07) is 5.80. The highest BCUT2D eigenvalue weighted by Gasteiger charge is 2.26. The van der Waals surface area contributed by atoms with Crippen LogP contribution in [0.3, 0.4) is 0 Å². The zero-order valence-electron chi connectivity index (χ0n) is 10.2. The maximum absolute atomic E-state index is 9.55. The molecule has 0 bridgehead atoms. The highest BCUT2D eigenvalue weighted by atomic mass is 16.3. The molecule has 1 fully saturated rings. The minimum atomic E-state index is -0.0270. The molecular weight excluding hydrogens is 230 g/mol. The molecule has 18 heavy (non-hydrogen) atoms. The summed E-state index contributed by atoms with van der Waals surface area (Å²) in [4.78, 5) is 6.73. The molecule has 2 N–H and O–H groups in total. The quantitative estimate of drug-likeness (QED) is 0.836. The van der Waals surface area contributed by atoms with Gasteiger partial charge in [-0.1, -0.05) is 6.07 Å². The van der Waals surface area contributed by atoms with Crippen molar-refractivity contribution in [3.63, 3.8) is 0 Å². The molecule has 3 heterocycles. The Morgan fingerprint density at radius 3 is 2.94 bits per heavy atom. The van der Waals surface area contributed by atoms with Gasteiger partial charge in [0, 0.05) is 31.8 Å². The van der Waals surface area contributed by atoms with Gasteiger partial charge in [-0.05, 0) is 18.6 Å². The van der Waals surface area contributed by atoms with Gasteiger partial charge in [0.15, 0.2) is 5.82 Å². The van der Waals surface area contributed by atoms with Gasteiger partial charge in [-0.25, -0.2) is 4.98 Å². The number of hydrogen-bond donors (Lipinski definition) is 2. The Morgan fingerprint density at radius 2 is 2.22 bits per heavy atom. The number of fused-ring (bicyclic) bond motifs is 1. The number of anilines is 1. The van der Waals surface area contributed by atoms with Gasteiger partial charge in [-0.3, -0.25) is 4.40 Å². The number of imidazole rings is 1. The zero-order chi connectivity index (χ0) is 12.5. The summed E-state index contributed by atoms with van der Waals surface area (Å²) in [6.45, 7) is 1.90. The number of nitrogens with zero attached hydrogens (tertiary/aromatic N) is 3. The van der Waals surface area contributed by atoms with Crippen molar-refractivity contribution < 1.29 is 10.2 Å². The summed E-state index contributed by atoms with van der Waals surface area (Å²) in [5.41, 5.74) is 1.67. The summed E-state index contributed by atoms with van der Waals surface area (Å²) in [5, 5.41) is 18.7. The lowest BCUT2D eigenvalue weighted by atomic mass is 10.1. The SMILES string of the molecule is OCc1c(N2CCC(CO)C2)nc2ccccn12. The van der Waals surface area contributed by atoms with E-state index in [0.717, 1.165) is 36.7 Å². The van der Waals surface area contributed by atoms with Crippen LogP contribution in [0.2, 0.25) is 0 Å². The Morgan fingerprint density at radius 1 is 1.33 bits per heavy atom. The number of pyridine rings is 1. The van der Waals surface area contributed by atoms with E-state index < -0.39 is 0 Å². The highest BCUT2D eigenvalue weighted by Crippen LogP contribution is 2.27. The summed E-state index contributed by atoms with van der Waals surface area (Å²) in [7, 11) is 0. The number of aliphatic hydroxyl groups excluding tert-OH is 2. The van der Waals surface area contributed by atoms with Gasteiger partial charge in [0.05, 0.1) is 12.3 Å². The molecule has 5 heteroatoms. The van der Waals surface area contributed by atoms with E-state index >= 15 is 0 Å². The topological polar surface area (TPSA) is 61.0 Å². The van der Waals surface area contributed by atoms with Crippen LogP contribution >= 0.6 is 0 Å². The Hall–Kier alpha value is -1.59. The molecule has 0 aromatic carbocycles. The molecule has 2 aromatic heterocycles. The van der Waals surface area contributed by atoms with Crippen LogP contribution in [-0.4, -0.2) is 39.3 Å². The maximum Gasteiger partial charge on any atom is 0.153 e. The number of rotatable bonds is 3. The summed E-state index contributed by atoms with van der Waals surface area (Å²) in [6.07, 6.45) is 2.90. The van der Waals surface area contributed by atoms with E-state index in [1.807, 2.05) is 28.8 Å². The largest absolute Gasteiger partial charge is 0.396 e. The molecule has 0 aliphatic carbocycles. The third kappa shape index (κ3) is 1.76. The van der Waals surface area contributed by atoms with Crippen LogP contribution in [0.25, 0.3) is 5.65 Å². The predicted octanol–water partition coefficient (Wildman–Crippen LogP) is 0.645. The molecule has 2 aromatic rings. The fourth-order valence-electron chi connectivity index (χ4n) is 2.61. The molecule has 96 valence electrons. The third-order valence-corrected chi connectivity index (χ3v) is 3.60. The van der Waals surface area contributed by atoms with Gasteiger partial charge < -0.3 is 15.1 Å². The molecule has 5 nitrogen and oxygen atoms in total. The number of aliphatic hydroxyl groups is 2. The van der Waals surface area contributed by atoms with Crippen molar-refractivity contribution in [1.82, 2.24) is 9.38 Å². The van der Waals surface area contributed by atoms with Crippen molar-refractivity contribution in [3.8, 4) is 0 Å². The monoisotopic (exact) mass is 247 g/mol. The van der Waals surface area contributed by atoms with Crippen molar-refractivity contribution in [2.24, 2.45) is 5.92 Å². The molecule has 1 aliphatic rings. The van der Waals surface area contributed by atoms with Crippen molar-refractivity contribution in [1.29, 1.82) is 0 Å². The Balaban J connectivity index is 2.01. The Labute approximate surface area is 105 Å². The molecule has 3 rings (SSSR count). The van der Waals surface area contributed by atoms with Crippen LogP contribution in [-0.2, 0) is 6.61 Å². The summed E-state index contributed by atoms with van der Waals surface area (Å²) >= 11 is 0. The van der Waals surface area contributed by atoms with Crippen LogP contribution in [0.5, 0.6) is 0 Å². The Bertz CT molecular complexity index is 552. The standard InChI is InChI=1S/C13H17N3O2/c17-8-10-4-6-15(7-10)13-11(9-18)16-5-2-1-3-12(16)14-13/h1-3,5,10,17-18H,4,6-9H2. The second kappa shape index (κ2) is 4.59. The molecule has 0 spiro atoms. The van der Waals surface area contributed by atoms with Gasteiger partial charge in [-0.15, -0.1) is 0 Å². The number of hydrogen-bond acceptors (Lipinski definition) is 4. The van der Waals surface area contributed by atoms with Gasteiger partial charge in [0.2, 0.25) is 0 Å². The lowest BCUT2D eigenvalue weighted by molar-refractivity contribution is 0.238. The van der Waals surface area contributed by atoms with E-state index in [1.54, 1.807) is 0 Å². The third-order valence-electron chi connectivity index (χ3n) is 3.60. The van der Waals surface area contributed by atoms with E-state index in [-0.39, 0.29) is 13.2 Å². The van der Waals surface area contributed by atoms with Gasteiger partial charge in [0.1, 0.15) is 5.65 Å². The van der Waals surface area contributed by atoms with E-state index in [9.17, 15) is 10.2 Å². The molecule has 0 saturated carbocycles.